The molecule has 3 nitrogen and oxygen atoms in total. The molecule has 42 heavy (non-hydrogen) atoms. The van der Waals surface area contributed by atoms with Crippen LogP contribution in [-0.4, -0.2) is 14.5 Å². The monoisotopic (exact) mass is 540 g/mol. The highest BCUT2D eigenvalue weighted by Gasteiger charge is 2.18. The molecule has 0 saturated heterocycles. The van der Waals surface area contributed by atoms with Gasteiger partial charge < -0.3 is 0 Å². The quantitative estimate of drug-likeness (QED) is 0.208. The van der Waals surface area contributed by atoms with Gasteiger partial charge in [-0.3, -0.25) is 9.55 Å². The van der Waals surface area contributed by atoms with Crippen LogP contribution in [-0.2, 0) is 0 Å². The van der Waals surface area contributed by atoms with Crippen LogP contribution < -0.4 is 0 Å². The Balaban J connectivity index is 1.39. The molecule has 198 valence electrons. The lowest BCUT2D eigenvalue weighted by Crippen LogP contribution is -1.97. The molecule has 0 aliphatic carbocycles. The molecule has 3 heteroatoms. The Morgan fingerprint density at radius 1 is 0.548 bits per heavy atom. The van der Waals surface area contributed by atoms with Crippen molar-refractivity contribution in [2.75, 3.05) is 0 Å². The fourth-order valence-corrected chi connectivity index (χ4v) is 6.21. The van der Waals surface area contributed by atoms with Crippen LogP contribution >= 0.6 is 0 Å². The van der Waals surface area contributed by atoms with Crippen LogP contribution in [0.5, 0.6) is 0 Å². The zero-order chi connectivity index (χ0) is 30.5. The van der Waals surface area contributed by atoms with E-state index in [1.54, 1.807) is 4.57 Å². The third kappa shape index (κ3) is 3.90. The van der Waals surface area contributed by atoms with E-state index in [0.717, 1.165) is 60.7 Å². The highest BCUT2D eigenvalue weighted by Crippen LogP contribution is 2.44. The molecule has 0 bridgehead atoms. The third-order valence-electron chi connectivity index (χ3n) is 8.00. The van der Waals surface area contributed by atoms with Gasteiger partial charge in [0.05, 0.1) is 16.7 Å². The first-order valence-electron chi connectivity index (χ1n) is 15.5. The number of hydrogen-bond donors (Lipinski definition) is 0. The molecule has 0 aliphatic heterocycles. The molecule has 2 aromatic heterocycles. The topological polar surface area (TPSA) is 30.7 Å². The Morgan fingerprint density at radius 3 is 1.81 bits per heavy atom. The summed E-state index contributed by atoms with van der Waals surface area (Å²) in [5, 5.41) is 4.54. The lowest BCUT2D eigenvalue weighted by atomic mass is 9.85. The van der Waals surface area contributed by atoms with Crippen molar-refractivity contribution in [2.45, 2.75) is 6.85 Å². The van der Waals surface area contributed by atoms with E-state index >= 15 is 0 Å². The number of aryl methyl sites for hydroxylation is 1. The minimum Gasteiger partial charge on any atom is -0.297 e. The van der Waals surface area contributed by atoms with Crippen LogP contribution in [0.4, 0.5) is 0 Å². The molecule has 8 rings (SSSR count). The Bertz CT molecular complexity index is 2320. The first kappa shape index (κ1) is 21.2. The number of benzene rings is 6. The molecule has 0 aliphatic rings. The summed E-state index contributed by atoms with van der Waals surface area (Å²) >= 11 is 0. The van der Waals surface area contributed by atoms with Crippen molar-refractivity contribution in [1.82, 2.24) is 14.5 Å². The Morgan fingerprint density at radius 2 is 1.14 bits per heavy atom. The fraction of sp³-hybridized carbons (Fsp3) is 0.0256. The highest BCUT2D eigenvalue weighted by atomic mass is 15.1. The average molecular weight is 541 g/mol. The average Bonchev–Trinajstić information content (AvgIpc) is 3.48. The van der Waals surface area contributed by atoms with E-state index in [1.165, 1.54) is 5.56 Å². The number of hydrogen-bond acceptors (Lipinski definition) is 2. The summed E-state index contributed by atoms with van der Waals surface area (Å²) in [4.78, 5) is 9.12. The van der Waals surface area contributed by atoms with Crippen molar-refractivity contribution in [3.63, 3.8) is 0 Å². The lowest BCUT2D eigenvalue weighted by molar-refractivity contribution is 1.00. The second-order valence-electron chi connectivity index (χ2n) is 10.4. The Labute approximate surface area is 248 Å². The molecule has 6 aromatic carbocycles. The van der Waals surface area contributed by atoms with Gasteiger partial charge in [0, 0.05) is 21.6 Å². The summed E-state index contributed by atoms with van der Waals surface area (Å²) in [5.74, 6) is 0.0544. The molecule has 0 saturated carbocycles. The first-order valence-corrected chi connectivity index (χ1v) is 14.0. The molecule has 0 fully saturated rings. The van der Waals surface area contributed by atoms with Gasteiger partial charge in [0.2, 0.25) is 0 Å². The van der Waals surface area contributed by atoms with Gasteiger partial charge in [0.1, 0.15) is 5.82 Å². The maximum atomic E-state index is 8.25. The van der Waals surface area contributed by atoms with E-state index in [0.29, 0.717) is 5.52 Å². The van der Waals surface area contributed by atoms with Gasteiger partial charge in [-0.15, -0.1) is 0 Å². The smallest absolute Gasteiger partial charge is 0.111 e. The second-order valence-corrected chi connectivity index (χ2v) is 10.4. The van der Waals surface area contributed by atoms with E-state index in [-0.39, 0.29) is 5.82 Å². The standard InChI is InChI=1S/C39H27N3/c1-26-41-36-21-6-7-22-37(36)42(26)30-15-11-14-29(25-30)39-33-18-4-2-16-31(33)38(32-17-3-5-19-34(32)39)28-13-10-12-27(24-28)35-20-8-9-23-40-35/h2-25H,1H3/i1D3. The zero-order valence-corrected chi connectivity index (χ0v) is 22.7. The molecule has 0 spiro atoms. The van der Waals surface area contributed by atoms with E-state index < -0.39 is 6.85 Å². The summed E-state index contributed by atoms with van der Waals surface area (Å²) in [7, 11) is 0. The molecule has 2 heterocycles. The van der Waals surface area contributed by atoms with Gasteiger partial charge in [0.25, 0.3) is 0 Å². The SMILES string of the molecule is [2H]C([2H])([2H])c1nc2ccccc2n1-c1cccc(-c2c3ccccc3c(-c3cccc(-c4ccccn4)c3)c3ccccc23)c1. The largest absolute Gasteiger partial charge is 0.297 e. The fourth-order valence-electron chi connectivity index (χ4n) is 6.21. The maximum absolute atomic E-state index is 8.25. The minimum absolute atomic E-state index is 0.0544. The molecule has 0 unspecified atom stereocenters. The van der Waals surface area contributed by atoms with Crippen LogP contribution in [0.25, 0.3) is 71.8 Å². The third-order valence-corrected chi connectivity index (χ3v) is 8.00. The van der Waals surface area contributed by atoms with Crippen LogP contribution in [0.1, 0.15) is 9.94 Å². The van der Waals surface area contributed by atoms with Gasteiger partial charge in [-0.2, -0.15) is 0 Å². The summed E-state index contributed by atoms with van der Waals surface area (Å²) in [6, 6.07) is 47.3. The van der Waals surface area contributed by atoms with Crippen molar-refractivity contribution in [1.29, 1.82) is 0 Å². The Hall–Kier alpha value is -5.54. The predicted octanol–water partition coefficient (Wildman–Crippen LogP) is 10.0. The zero-order valence-electron chi connectivity index (χ0n) is 25.7. The summed E-state index contributed by atoms with van der Waals surface area (Å²) in [6.45, 7) is -2.38. The number of nitrogens with zero attached hydrogens (tertiary/aromatic N) is 3. The van der Waals surface area contributed by atoms with Gasteiger partial charge in [0.15, 0.2) is 0 Å². The highest BCUT2D eigenvalue weighted by molar-refractivity contribution is 6.21. The molecule has 0 radical (unpaired) electrons. The van der Waals surface area contributed by atoms with E-state index in [9.17, 15) is 0 Å². The maximum Gasteiger partial charge on any atom is 0.111 e. The number of imidazole rings is 1. The van der Waals surface area contributed by atoms with Crippen molar-refractivity contribution < 1.29 is 4.11 Å². The normalized spacial score (nSPS) is 12.8. The van der Waals surface area contributed by atoms with Gasteiger partial charge in [-0.25, -0.2) is 4.98 Å². The van der Waals surface area contributed by atoms with Crippen LogP contribution in [0.2, 0.25) is 0 Å². The second kappa shape index (κ2) is 9.83. The van der Waals surface area contributed by atoms with E-state index in [1.807, 2.05) is 60.8 Å². The number of aromatic nitrogens is 3. The molecular formula is C39H27N3. The van der Waals surface area contributed by atoms with Crippen LogP contribution in [0.15, 0.2) is 146 Å². The van der Waals surface area contributed by atoms with Crippen molar-refractivity contribution in [2.24, 2.45) is 0 Å². The minimum atomic E-state index is -2.38. The molecule has 8 aromatic rings. The molecular weight excluding hydrogens is 510 g/mol. The predicted molar refractivity (Wildman–Crippen MR) is 175 cm³/mol. The summed E-state index contributed by atoms with van der Waals surface area (Å²) < 4.78 is 26.5. The van der Waals surface area contributed by atoms with Crippen molar-refractivity contribution in [3.8, 4) is 39.2 Å². The van der Waals surface area contributed by atoms with Gasteiger partial charge in [-0.05, 0) is 93.1 Å². The van der Waals surface area contributed by atoms with Crippen LogP contribution in [0.3, 0.4) is 0 Å². The molecule has 0 amide bonds. The summed E-state index contributed by atoms with van der Waals surface area (Å²) in [5.41, 5.74) is 8.58. The van der Waals surface area contributed by atoms with E-state index in [4.69, 9.17) is 4.11 Å². The van der Waals surface area contributed by atoms with E-state index in [2.05, 4.69) is 94.9 Å². The summed E-state index contributed by atoms with van der Waals surface area (Å²) in [6.07, 6.45) is 1.82. The number of pyridine rings is 1. The van der Waals surface area contributed by atoms with Gasteiger partial charge >= 0.3 is 0 Å². The first-order chi connectivity index (χ1) is 22.0. The van der Waals surface area contributed by atoms with Crippen LogP contribution in [0, 0.1) is 6.85 Å². The molecule has 0 N–H and O–H groups in total. The number of rotatable bonds is 4. The molecule has 0 atom stereocenters. The Kier molecular flexibility index (Phi) is 4.97. The van der Waals surface area contributed by atoms with Gasteiger partial charge in [-0.1, -0.05) is 97.1 Å². The lowest BCUT2D eigenvalue weighted by Gasteiger charge is -2.19. The van der Waals surface area contributed by atoms with Crippen molar-refractivity contribution >= 4 is 32.6 Å². The number of fused-ring (bicyclic) bond motifs is 3. The number of para-hydroxylation sites is 2. The van der Waals surface area contributed by atoms with Crippen molar-refractivity contribution in [3.05, 3.63) is 152 Å².